The summed E-state index contributed by atoms with van der Waals surface area (Å²) in [5, 5.41) is 5.02. The Labute approximate surface area is 113 Å². The minimum Gasteiger partial charge on any atom is -0.536 e. The van der Waals surface area contributed by atoms with Gasteiger partial charge in [-0.3, -0.25) is 0 Å². The van der Waals surface area contributed by atoms with Crippen molar-refractivity contribution >= 4 is 20.9 Å². The molecule has 0 N–H and O–H groups in total. The van der Waals surface area contributed by atoms with Crippen molar-refractivity contribution in [3.8, 4) is 0 Å². The molecule has 108 valence electrons. The van der Waals surface area contributed by atoms with Gasteiger partial charge in [0, 0.05) is 11.5 Å². The molecule has 0 spiro atoms. The minimum absolute atomic E-state index is 0.0554. The number of halogens is 3. The fraction of sp³-hybridized carbons (Fsp3) is 0.273. The third kappa shape index (κ3) is 3.23. The Morgan fingerprint density at radius 1 is 1.20 bits per heavy atom. The zero-order valence-corrected chi connectivity index (χ0v) is 10.9. The Balaban J connectivity index is 2.03. The Hall–Kier alpha value is -1.74. The summed E-state index contributed by atoms with van der Waals surface area (Å²) in [6, 6.07) is 8.93. The van der Waals surface area contributed by atoms with Crippen LogP contribution in [-0.2, 0) is 16.6 Å². The Bertz CT molecular complexity index is 716. The molecule has 0 aliphatic carbocycles. The van der Waals surface area contributed by atoms with Gasteiger partial charge in [0.15, 0.2) is 22.8 Å². The van der Waals surface area contributed by atoms with Gasteiger partial charge in [0.2, 0.25) is 0 Å². The molecule has 0 saturated carbocycles. The molecule has 1 aromatic heterocycles. The molecule has 20 heavy (non-hydrogen) atoms. The second-order valence-electron chi connectivity index (χ2n) is 3.91. The molecule has 1 heterocycles. The van der Waals surface area contributed by atoms with Gasteiger partial charge in [0.1, 0.15) is 5.52 Å². The van der Waals surface area contributed by atoms with Gasteiger partial charge in [-0.15, -0.1) is 0 Å². The Kier molecular flexibility index (Phi) is 3.91. The van der Waals surface area contributed by atoms with Crippen molar-refractivity contribution < 1.29 is 26.3 Å². The number of sulfonamides is 1. The van der Waals surface area contributed by atoms with E-state index in [1.54, 1.807) is 24.4 Å². The third-order valence-corrected chi connectivity index (χ3v) is 3.59. The molecule has 0 fully saturated rings. The summed E-state index contributed by atoms with van der Waals surface area (Å²) in [4.78, 5) is 0. The highest BCUT2D eigenvalue weighted by molar-refractivity contribution is 7.94. The monoisotopic (exact) mass is 305 g/mol. The number of nitrogens with zero attached hydrogens (tertiary/aromatic N) is 3. The van der Waals surface area contributed by atoms with Crippen LogP contribution in [0.15, 0.2) is 36.5 Å². The van der Waals surface area contributed by atoms with Crippen molar-refractivity contribution in [3.05, 3.63) is 41.3 Å². The predicted molar refractivity (Wildman–Crippen MR) is 65.1 cm³/mol. The molecule has 0 atom stereocenters. The normalized spacial score (nSPS) is 12.8. The predicted octanol–water partition coefficient (Wildman–Crippen LogP) is 1.75. The number of hydrogen-bond donors (Lipinski definition) is 0. The first kappa shape index (κ1) is 14.7. The summed E-state index contributed by atoms with van der Waals surface area (Å²) in [7, 11) is -5.43. The maximum absolute atomic E-state index is 12.1. The van der Waals surface area contributed by atoms with Crippen LogP contribution < -0.4 is 4.68 Å². The van der Waals surface area contributed by atoms with E-state index < -0.39 is 22.1 Å². The van der Waals surface area contributed by atoms with E-state index in [0.717, 1.165) is 5.39 Å². The van der Waals surface area contributed by atoms with Crippen LogP contribution >= 0.6 is 0 Å². The van der Waals surface area contributed by atoms with Gasteiger partial charge in [-0.05, 0) is 11.2 Å². The van der Waals surface area contributed by atoms with Gasteiger partial charge >= 0.3 is 5.51 Å². The largest absolute Gasteiger partial charge is 0.536 e. The first-order chi connectivity index (χ1) is 9.29. The summed E-state index contributed by atoms with van der Waals surface area (Å²) in [5.41, 5.74) is -4.69. The molecule has 0 amide bonds. The first-order valence-electron chi connectivity index (χ1n) is 5.55. The van der Waals surface area contributed by atoms with Crippen molar-refractivity contribution in [3.63, 3.8) is 0 Å². The van der Waals surface area contributed by atoms with Crippen LogP contribution in [0, 0.1) is 0 Å². The SMILES string of the molecule is O=S(=O)([N-]CC[n+]1ccc2ccccc2n1)C(F)(F)F. The van der Waals surface area contributed by atoms with Gasteiger partial charge in [-0.2, -0.15) is 13.2 Å². The van der Waals surface area contributed by atoms with E-state index in [0.29, 0.717) is 5.52 Å². The number of alkyl halides is 3. The lowest BCUT2D eigenvalue weighted by molar-refractivity contribution is -0.748. The van der Waals surface area contributed by atoms with Crippen LogP contribution in [-0.4, -0.2) is 25.6 Å². The van der Waals surface area contributed by atoms with Gasteiger partial charge in [-0.1, -0.05) is 29.4 Å². The molecular formula is C11H10F3N3O2S. The fourth-order valence-electron chi connectivity index (χ4n) is 1.52. The molecule has 0 bridgehead atoms. The highest BCUT2D eigenvalue weighted by Gasteiger charge is 2.38. The zero-order chi connectivity index (χ0) is 14.8. The maximum Gasteiger partial charge on any atom is 0.480 e. The van der Waals surface area contributed by atoms with Gasteiger partial charge in [0.25, 0.3) is 0 Å². The molecule has 0 radical (unpaired) electrons. The lowest BCUT2D eigenvalue weighted by Gasteiger charge is -2.19. The van der Waals surface area contributed by atoms with Crippen LogP contribution in [0.2, 0.25) is 0 Å². The second kappa shape index (κ2) is 5.33. The van der Waals surface area contributed by atoms with E-state index in [2.05, 4.69) is 9.82 Å². The molecule has 9 heteroatoms. The highest BCUT2D eigenvalue weighted by atomic mass is 32.2. The maximum atomic E-state index is 12.1. The van der Waals surface area contributed by atoms with Crippen molar-refractivity contribution in [2.24, 2.45) is 0 Å². The van der Waals surface area contributed by atoms with Crippen molar-refractivity contribution in [1.82, 2.24) is 5.10 Å². The van der Waals surface area contributed by atoms with E-state index in [1.807, 2.05) is 12.1 Å². The Morgan fingerprint density at radius 3 is 2.60 bits per heavy atom. The first-order valence-corrected chi connectivity index (χ1v) is 6.99. The minimum atomic E-state index is -5.43. The molecule has 2 aromatic rings. The van der Waals surface area contributed by atoms with E-state index in [1.165, 1.54) is 4.68 Å². The van der Waals surface area contributed by atoms with Crippen molar-refractivity contribution in [2.75, 3.05) is 6.54 Å². The van der Waals surface area contributed by atoms with Crippen LogP contribution in [0.3, 0.4) is 0 Å². The summed E-state index contributed by atoms with van der Waals surface area (Å²) in [6.45, 7) is -0.571. The van der Waals surface area contributed by atoms with Crippen LogP contribution in [0.25, 0.3) is 15.6 Å². The fourth-order valence-corrected chi connectivity index (χ4v) is 1.99. The second-order valence-corrected chi connectivity index (χ2v) is 5.58. The molecule has 0 aliphatic rings. The van der Waals surface area contributed by atoms with E-state index >= 15 is 0 Å². The zero-order valence-electron chi connectivity index (χ0n) is 10.1. The molecule has 0 unspecified atom stereocenters. The highest BCUT2D eigenvalue weighted by Crippen LogP contribution is 2.27. The summed E-state index contributed by atoms with van der Waals surface area (Å²) in [6.07, 6.45) is 1.55. The smallest absolute Gasteiger partial charge is 0.480 e. The van der Waals surface area contributed by atoms with Crippen LogP contribution in [0.4, 0.5) is 13.2 Å². The van der Waals surface area contributed by atoms with E-state index in [4.69, 9.17) is 0 Å². The number of hydrogen-bond acceptors (Lipinski definition) is 3. The number of fused-ring (bicyclic) bond motifs is 1. The summed E-state index contributed by atoms with van der Waals surface area (Å²) in [5.74, 6) is 0. The Morgan fingerprint density at radius 2 is 1.90 bits per heavy atom. The summed E-state index contributed by atoms with van der Waals surface area (Å²) < 4.78 is 61.7. The third-order valence-electron chi connectivity index (χ3n) is 2.48. The standard InChI is InChI=1S/C11H10F3N3O2S/c12-11(13,14)20(18,19)15-6-8-17-7-5-9-3-1-2-4-10(9)16-17/h1-5,7H,6,8H2. The topological polar surface area (TPSA) is 65.0 Å². The molecule has 0 saturated heterocycles. The van der Waals surface area contributed by atoms with Gasteiger partial charge in [-0.25, -0.2) is 8.42 Å². The number of rotatable bonds is 4. The van der Waals surface area contributed by atoms with E-state index in [-0.39, 0.29) is 6.54 Å². The molecule has 0 aliphatic heterocycles. The van der Waals surface area contributed by atoms with Crippen molar-refractivity contribution in [1.29, 1.82) is 0 Å². The number of benzene rings is 1. The lowest BCUT2D eigenvalue weighted by atomic mass is 10.2. The average molecular weight is 305 g/mol. The molecular weight excluding hydrogens is 295 g/mol. The van der Waals surface area contributed by atoms with E-state index in [9.17, 15) is 21.6 Å². The average Bonchev–Trinajstić information content (AvgIpc) is 2.37. The van der Waals surface area contributed by atoms with Crippen molar-refractivity contribution in [2.45, 2.75) is 12.1 Å². The lowest BCUT2D eigenvalue weighted by Crippen LogP contribution is -2.39. The number of aromatic nitrogens is 2. The van der Waals surface area contributed by atoms with Crippen LogP contribution in [0.5, 0.6) is 0 Å². The quantitative estimate of drug-likeness (QED) is 0.808. The molecule has 5 nitrogen and oxygen atoms in total. The van der Waals surface area contributed by atoms with Gasteiger partial charge < -0.3 is 4.72 Å². The van der Waals surface area contributed by atoms with Crippen LogP contribution in [0.1, 0.15) is 0 Å². The van der Waals surface area contributed by atoms with Gasteiger partial charge in [0.05, 0.1) is 0 Å². The summed E-state index contributed by atoms with van der Waals surface area (Å²) >= 11 is 0. The molecule has 1 aromatic carbocycles. The molecule has 2 rings (SSSR count).